The van der Waals surface area contributed by atoms with Crippen LogP contribution in [-0.2, 0) is 15.8 Å². The van der Waals surface area contributed by atoms with E-state index in [9.17, 15) is 22.8 Å². The molecule has 0 radical (unpaired) electrons. The van der Waals surface area contributed by atoms with Crippen LogP contribution in [0.3, 0.4) is 0 Å². The molecule has 0 unspecified atom stereocenters. The first-order valence-corrected chi connectivity index (χ1v) is 11.1. The van der Waals surface area contributed by atoms with Crippen LogP contribution in [-0.4, -0.2) is 53.5 Å². The van der Waals surface area contributed by atoms with Gasteiger partial charge in [-0.15, -0.1) is 0 Å². The second-order valence-electron chi connectivity index (χ2n) is 9.76. The standard InChI is InChI=1S/C24H31F3N4O2/c1-23(2,3)22(33)31-13-10-19(28)17(14-31)20(29)21(32)30-11-8-15(9-12-30)16-6-4-5-7-18(16)24(25,26)27/h4-7,15,29H,8-14,28H2,1-3H3. The number of piperidine rings is 1. The first-order chi connectivity index (χ1) is 15.3. The van der Waals surface area contributed by atoms with Crippen LogP contribution in [0.1, 0.15) is 57.1 Å². The van der Waals surface area contributed by atoms with Crippen molar-refractivity contribution in [1.29, 1.82) is 5.41 Å². The molecule has 0 saturated carbocycles. The average Bonchev–Trinajstić information content (AvgIpc) is 2.77. The molecule has 2 heterocycles. The molecule has 0 aliphatic carbocycles. The molecule has 1 aromatic carbocycles. The van der Waals surface area contributed by atoms with Crippen LogP contribution in [0.4, 0.5) is 13.2 Å². The summed E-state index contributed by atoms with van der Waals surface area (Å²) < 4.78 is 40.1. The maximum Gasteiger partial charge on any atom is 0.416 e. The number of nitrogens with zero attached hydrogens (tertiary/aromatic N) is 2. The minimum absolute atomic E-state index is 0.0723. The van der Waals surface area contributed by atoms with Crippen molar-refractivity contribution in [2.24, 2.45) is 11.1 Å². The van der Waals surface area contributed by atoms with Gasteiger partial charge in [0.05, 0.1) is 5.56 Å². The van der Waals surface area contributed by atoms with Crippen LogP contribution < -0.4 is 5.73 Å². The molecule has 3 rings (SSSR count). The Balaban J connectivity index is 1.68. The monoisotopic (exact) mass is 464 g/mol. The van der Waals surface area contributed by atoms with Crippen LogP contribution in [0.2, 0.25) is 0 Å². The zero-order valence-corrected chi connectivity index (χ0v) is 19.3. The molecule has 9 heteroatoms. The number of alkyl halides is 3. The van der Waals surface area contributed by atoms with Crippen LogP contribution in [0.5, 0.6) is 0 Å². The molecule has 33 heavy (non-hydrogen) atoms. The van der Waals surface area contributed by atoms with Crippen LogP contribution in [0.15, 0.2) is 35.5 Å². The van der Waals surface area contributed by atoms with E-state index in [4.69, 9.17) is 11.1 Å². The largest absolute Gasteiger partial charge is 0.416 e. The van der Waals surface area contributed by atoms with Crippen LogP contribution in [0.25, 0.3) is 0 Å². The molecule has 0 atom stereocenters. The second-order valence-corrected chi connectivity index (χ2v) is 9.76. The molecule has 1 saturated heterocycles. The number of likely N-dealkylation sites (tertiary alicyclic amines) is 1. The highest BCUT2D eigenvalue weighted by Gasteiger charge is 2.37. The predicted molar refractivity (Wildman–Crippen MR) is 120 cm³/mol. The summed E-state index contributed by atoms with van der Waals surface area (Å²) in [4.78, 5) is 28.8. The van der Waals surface area contributed by atoms with Gasteiger partial charge >= 0.3 is 6.18 Å². The zero-order valence-electron chi connectivity index (χ0n) is 19.3. The van der Waals surface area contributed by atoms with E-state index >= 15 is 0 Å². The third kappa shape index (κ3) is 5.39. The van der Waals surface area contributed by atoms with E-state index in [1.54, 1.807) is 11.0 Å². The predicted octanol–water partition coefficient (Wildman–Crippen LogP) is 3.92. The molecule has 2 aliphatic heterocycles. The number of benzene rings is 1. The SMILES string of the molecule is CC(C)(C)C(=O)N1CCC(N)=C(C(=N)C(=O)N2CCC(c3ccccc3C(F)(F)F)CC2)C1. The number of nitrogens with one attached hydrogen (secondary N) is 1. The van der Waals surface area contributed by atoms with Crippen LogP contribution >= 0.6 is 0 Å². The van der Waals surface area contributed by atoms with E-state index in [0.29, 0.717) is 37.1 Å². The van der Waals surface area contributed by atoms with E-state index in [0.717, 1.165) is 6.07 Å². The number of hydrogen-bond acceptors (Lipinski definition) is 4. The lowest BCUT2D eigenvalue weighted by Crippen LogP contribution is -2.48. The molecule has 1 aromatic rings. The number of carbonyl (C=O) groups excluding carboxylic acids is 2. The average molecular weight is 465 g/mol. The second kappa shape index (κ2) is 9.19. The Bertz CT molecular complexity index is 971. The van der Waals surface area contributed by atoms with Crippen LogP contribution in [0, 0.1) is 10.8 Å². The van der Waals surface area contributed by atoms with Crippen molar-refractivity contribution in [3.63, 3.8) is 0 Å². The third-order valence-corrected chi connectivity index (χ3v) is 6.32. The van der Waals surface area contributed by atoms with Crippen molar-refractivity contribution in [3.8, 4) is 0 Å². The minimum Gasteiger partial charge on any atom is -0.402 e. The first-order valence-electron chi connectivity index (χ1n) is 11.1. The lowest BCUT2D eigenvalue weighted by molar-refractivity contribution is -0.139. The van der Waals surface area contributed by atoms with Gasteiger partial charge in [-0.25, -0.2) is 0 Å². The third-order valence-electron chi connectivity index (χ3n) is 6.32. The van der Waals surface area contributed by atoms with Crippen molar-refractivity contribution in [2.45, 2.75) is 52.1 Å². The number of halogens is 3. The fourth-order valence-electron chi connectivity index (χ4n) is 4.46. The Morgan fingerprint density at radius 3 is 2.21 bits per heavy atom. The number of carbonyl (C=O) groups is 2. The Labute approximate surface area is 192 Å². The molecule has 3 N–H and O–H groups in total. The summed E-state index contributed by atoms with van der Waals surface area (Å²) in [6.07, 6.45) is -3.26. The lowest BCUT2D eigenvalue weighted by Gasteiger charge is -2.36. The van der Waals surface area contributed by atoms with E-state index in [-0.39, 0.29) is 42.7 Å². The van der Waals surface area contributed by atoms with Crippen molar-refractivity contribution in [3.05, 3.63) is 46.7 Å². The molecule has 0 spiro atoms. The molecule has 2 amide bonds. The van der Waals surface area contributed by atoms with Gasteiger partial charge in [-0.2, -0.15) is 13.2 Å². The Hall–Kier alpha value is -2.84. The van der Waals surface area contributed by atoms with E-state index in [1.807, 2.05) is 20.8 Å². The molecular formula is C24H31F3N4O2. The summed E-state index contributed by atoms with van der Waals surface area (Å²) in [5.41, 5.74) is 5.68. The van der Waals surface area contributed by atoms with Gasteiger partial charge in [-0.05, 0) is 30.4 Å². The molecule has 2 aliphatic rings. The maximum absolute atomic E-state index is 13.4. The van der Waals surface area contributed by atoms with Gasteiger partial charge in [0, 0.05) is 49.3 Å². The van der Waals surface area contributed by atoms with E-state index in [1.165, 1.54) is 17.0 Å². The van der Waals surface area contributed by atoms with Gasteiger partial charge in [0.2, 0.25) is 5.91 Å². The van der Waals surface area contributed by atoms with Gasteiger partial charge in [0.1, 0.15) is 5.71 Å². The summed E-state index contributed by atoms with van der Waals surface area (Å²) in [5, 5.41) is 8.46. The van der Waals surface area contributed by atoms with Crippen molar-refractivity contribution >= 4 is 17.5 Å². The molecule has 0 bridgehead atoms. The summed E-state index contributed by atoms with van der Waals surface area (Å²) in [6, 6.07) is 5.57. The Kier molecular flexibility index (Phi) is 6.91. The number of amides is 2. The highest BCUT2D eigenvalue weighted by Crippen LogP contribution is 2.38. The number of hydrogen-bond donors (Lipinski definition) is 2. The topological polar surface area (TPSA) is 90.5 Å². The molecule has 0 aromatic heterocycles. The van der Waals surface area contributed by atoms with Gasteiger partial charge in [0.25, 0.3) is 5.91 Å². The van der Waals surface area contributed by atoms with Gasteiger partial charge in [-0.1, -0.05) is 39.0 Å². The molecule has 180 valence electrons. The molecule has 6 nitrogen and oxygen atoms in total. The quantitative estimate of drug-likeness (QED) is 0.665. The molecular weight excluding hydrogens is 433 g/mol. The summed E-state index contributed by atoms with van der Waals surface area (Å²) >= 11 is 0. The first kappa shape index (κ1) is 24.8. The Morgan fingerprint density at radius 2 is 1.64 bits per heavy atom. The highest BCUT2D eigenvalue weighted by molar-refractivity contribution is 6.44. The molecule has 1 fully saturated rings. The van der Waals surface area contributed by atoms with Crippen molar-refractivity contribution < 1.29 is 22.8 Å². The fourth-order valence-corrected chi connectivity index (χ4v) is 4.46. The van der Waals surface area contributed by atoms with Gasteiger partial charge in [-0.3, -0.25) is 15.0 Å². The summed E-state index contributed by atoms with van der Waals surface area (Å²) in [7, 11) is 0. The van der Waals surface area contributed by atoms with Crippen molar-refractivity contribution in [1.82, 2.24) is 9.80 Å². The highest BCUT2D eigenvalue weighted by atomic mass is 19.4. The van der Waals surface area contributed by atoms with E-state index in [2.05, 4.69) is 0 Å². The van der Waals surface area contributed by atoms with Gasteiger partial charge < -0.3 is 15.5 Å². The van der Waals surface area contributed by atoms with E-state index < -0.39 is 23.1 Å². The number of rotatable bonds is 3. The Morgan fingerprint density at radius 1 is 1.03 bits per heavy atom. The fraction of sp³-hybridized carbons (Fsp3) is 0.542. The van der Waals surface area contributed by atoms with Crippen molar-refractivity contribution in [2.75, 3.05) is 26.2 Å². The summed E-state index contributed by atoms with van der Waals surface area (Å²) in [6.45, 7) is 6.52. The normalized spacial score (nSPS) is 18.5. The zero-order chi connectivity index (χ0) is 24.6. The maximum atomic E-state index is 13.4. The smallest absolute Gasteiger partial charge is 0.402 e. The summed E-state index contributed by atoms with van der Waals surface area (Å²) in [5.74, 6) is -0.877. The number of nitrogens with two attached hydrogens (primary N) is 1. The lowest BCUT2D eigenvalue weighted by atomic mass is 9.86. The minimum atomic E-state index is -4.42. The van der Waals surface area contributed by atoms with Gasteiger partial charge in [0.15, 0.2) is 0 Å².